The Morgan fingerprint density at radius 2 is 2.11 bits per heavy atom. The molecule has 0 amide bonds. The maximum absolute atomic E-state index is 6.31. The number of methoxy groups -OCH3 is 1. The summed E-state index contributed by atoms with van der Waals surface area (Å²) in [5.41, 5.74) is 0.948. The molecule has 2 nitrogen and oxygen atoms in total. The standard InChI is InChI=1S/C15H18Cl2O2/c1-18-14-7-10(8-16)5-12(17)15(14)19-13-6-9-2-3-11(13)4-9/h5,7,9,11,13H,2-4,6,8H2,1H3. The zero-order valence-corrected chi connectivity index (χ0v) is 12.5. The molecule has 1 aromatic carbocycles. The maximum Gasteiger partial charge on any atom is 0.180 e. The van der Waals surface area contributed by atoms with Crippen molar-refractivity contribution in [2.24, 2.45) is 11.8 Å². The maximum atomic E-state index is 6.31. The molecule has 19 heavy (non-hydrogen) atoms. The van der Waals surface area contributed by atoms with Gasteiger partial charge in [0.1, 0.15) is 6.10 Å². The van der Waals surface area contributed by atoms with Gasteiger partial charge in [0.2, 0.25) is 0 Å². The summed E-state index contributed by atoms with van der Waals surface area (Å²) in [6.45, 7) is 0. The molecule has 0 aliphatic heterocycles. The van der Waals surface area contributed by atoms with E-state index in [4.69, 9.17) is 32.7 Å². The largest absolute Gasteiger partial charge is 0.493 e. The van der Waals surface area contributed by atoms with E-state index in [1.165, 1.54) is 19.3 Å². The second-order valence-corrected chi connectivity index (χ2v) is 6.25. The van der Waals surface area contributed by atoms with Gasteiger partial charge >= 0.3 is 0 Å². The molecule has 3 atom stereocenters. The molecule has 2 fully saturated rings. The third kappa shape index (κ3) is 2.53. The molecule has 104 valence electrons. The van der Waals surface area contributed by atoms with E-state index in [9.17, 15) is 0 Å². The predicted molar refractivity (Wildman–Crippen MR) is 77.4 cm³/mol. The van der Waals surface area contributed by atoms with E-state index < -0.39 is 0 Å². The van der Waals surface area contributed by atoms with Gasteiger partial charge in [-0.1, -0.05) is 11.6 Å². The minimum Gasteiger partial charge on any atom is -0.493 e. The van der Waals surface area contributed by atoms with Crippen molar-refractivity contribution in [3.05, 3.63) is 22.7 Å². The summed E-state index contributed by atoms with van der Waals surface area (Å²) in [4.78, 5) is 0. The van der Waals surface area contributed by atoms with E-state index in [0.717, 1.165) is 17.9 Å². The lowest BCUT2D eigenvalue weighted by Gasteiger charge is -2.25. The Balaban J connectivity index is 1.83. The van der Waals surface area contributed by atoms with E-state index >= 15 is 0 Å². The van der Waals surface area contributed by atoms with Crippen LogP contribution in [0.25, 0.3) is 0 Å². The topological polar surface area (TPSA) is 18.5 Å². The smallest absolute Gasteiger partial charge is 0.180 e. The highest BCUT2D eigenvalue weighted by Gasteiger charge is 2.41. The summed E-state index contributed by atoms with van der Waals surface area (Å²) in [6.07, 6.45) is 5.41. The summed E-state index contributed by atoms with van der Waals surface area (Å²) >= 11 is 12.2. The molecular formula is C15H18Cl2O2. The Morgan fingerprint density at radius 1 is 1.26 bits per heavy atom. The van der Waals surface area contributed by atoms with E-state index in [-0.39, 0.29) is 0 Å². The van der Waals surface area contributed by atoms with Gasteiger partial charge in [-0.05, 0) is 55.2 Å². The summed E-state index contributed by atoms with van der Waals surface area (Å²) in [5.74, 6) is 3.33. The second kappa shape index (κ2) is 5.41. The lowest BCUT2D eigenvalue weighted by Crippen LogP contribution is -2.23. The number of rotatable bonds is 4. The average Bonchev–Trinajstić information content (AvgIpc) is 3.03. The molecule has 0 spiro atoms. The van der Waals surface area contributed by atoms with Crippen LogP contribution in [0.3, 0.4) is 0 Å². The van der Waals surface area contributed by atoms with Crippen LogP contribution < -0.4 is 9.47 Å². The van der Waals surface area contributed by atoms with Crippen molar-refractivity contribution in [1.29, 1.82) is 0 Å². The first-order valence-electron chi connectivity index (χ1n) is 6.80. The Labute approximate surface area is 124 Å². The molecule has 3 rings (SSSR count). The first-order valence-corrected chi connectivity index (χ1v) is 7.71. The molecule has 2 aliphatic rings. The van der Waals surface area contributed by atoms with Crippen molar-refractivity contribution in [2.45, 2.75) is 37.7 Å². The number of fused-ring (bicyclic) bond motifs is 2. The lowest BCUT2D eigenvalue weighted by molar-refractivity contribution is 0.134. The van der Waals surface area contributed by atoms with Crippen molar-refractivity contribution in [3.63, 3.8) is 0 Å². The van der Waals surface area contributed by atoms with Gasteiger partial charge in [-0.15, -0.1) is 11.6 Å². The molecule has 3 unspecified atom stereocenters. The second-order valence-electron chi connectivity index (χ2n) is 5.57. The van der Waals surface area contributed by atoms with Gasteiger partial charge in [-0.25, -0.2) is 0 Å². The molecule has 0 radical (unpaired) electrons. The third-order valence-electron chi connectivity index (χ3n) is 4.39. The molecule has 0 heterocycles. The van der Waals surface area contributed by atoms with Crippen LogP contribution in [0.1, 0.15) is 31.2 Å². The van der Waals surface area contributed by atoms with Gasteiger partial charge in [-0.3, -0.25) is 0 Å². The van der Waals surface area contributed by atoms with Crippen LogP contribution in [-0.4, -0.2) is 13.2 Å². The zero-order valence-electron chi connectivity index (χ0n) is 11.0. The SMILES string of the molecule is COc1cc(CCl)cc(Cl)c1OC1CC2CCC1C2. The van der Waals surface area contributed by atoms with Gasteiger partial charge < -0.3 is 9.47 Å². The van der Waals surface area contributed by atoms with E-state index in [1.807, 2.05) is 12.1 Å². The average molecular weight is 301 g/mol. The first-order chi connectivity index (χ1) is 9.21. The number of halogens is 2. The lowest BCUT2D eigenvalue weighted by atomic mass is 9.98. The van der Waals surface area contributed by atoms with Gasteiger partial charge in [0.25, 0.3) is 0 Å². The molecular weight excluding hydrogens is 283 g/mol. The number of benzene rings is 1. The Kier molecular flexibility index (Phi) is 3.81. The summed E-state index contributed by atoms with van der Waals surface area (Å²) < 4.78 is 11.6. The van der Waals surface area contributed by atoms with Crippen LogP contribution in [0.5, 0.6) is 11.5 Å². The molecule has 0 N–H and O–H groups in total. The number of hydrogen-bond donors (Lipinski definition) is 0. The fourth-order valence-corrected chi connectivity index (χ4v) is 3.88. The molecule has 2 bridgehead atoms. The van der Waals surface area contributed by atoms with Gasteiger partial charge in [0.05, 0.1) is 12.1 Å². The minimum absolute atomic E-state index is 0.298. The summed E-state index contributed by atoms with van der Waals surface area (Å²) in [7, 11) is 1.64. The zero-order chi connectivity index (χ0) is 13.4. The molecule has 2 saturated carbocycles. The third-order valence-corrected chi connectivity index (χ3v) is 4.98. The quantitative estimate of drug-likeness (QED) is 0.753. The van der Waals surface area contributed by atoms with Gasteiger partial charge in [-0.2, -0.15) is 0 Å². The number of ether oxygens (including phenoxy) is 2. The number of hydrogen-bond acceptors (Lipinski definition) is 2. The van der Waals surface area contributed by atoms with Crippen LogP contribution in [0.2, 0.25) is 5.02 Å². The Hall–Kier alpha value is -0.600. The minimum atomic E-state index is 0.298. The first kappa shape index (κ1) is 13.4. The van der Waals surface area contributed by atoms with Crippen molar-refractivity contribution in [1.82, 2.24) is 0 Å². The van der Waals surface area contributed by atoms with E-state index in [1.54, 1.807) is 7.11 Å². The molecule has 2 aliphatic carbocycles. The highest BCUT2D eigenvalue weighted by Crippen LogP contribution is 2.48. The molecule has 0 saturated heterocycles. The summed E-state index contributed by atoms with van der Waals surface area (Å²) in [6, 6.07) is 3.76. The van der Waals surface area contributed by atoms with E-state index in [0.29, 0.717) is 34.4 Å². The van der Waals surface area contributed by atoms with Crippen molar-refractivity contribution in [3.8, 4) is 11.5 Å². The van der Waals surface area contributed by atoms with Crippen LogP contribution >= 0.6 is 23.2 Å². The highest BCUT2D eigenvalue weighted by atomic mass is 35.5. The van der Waals surface area contributed by atoms with Crippen LogP contribution in [0.4, 0.5) is 0 Å². The normalized spacial score (nSPS) is 28.7. The van der Waals surface area contributed by atoms with Crippen LogP contribution in [0, 0.1) is 11.8 Å². The highest BCUT2D eigenvalue weighted by molar-refractivity contribution is 6.32. The van der Waals surface area contributed by atoms with Crippen LogP contribution in [-0.2, 0) is 5.88 Å². The Bertz CT molecular complexity index is 475. The molecule has 0 aromatic heterocycles. The monoisotopic (exact) mass is 300 g/mol. The molecule has 4 heteroatoms. The van der Waals surface area contributed by atoms with Crippen molar-refractivity contribution >= 4 is 23.2 Å². The fraction of sp³-hybridized carbons (Fsp3) is 0.600. The predicted octanol–water partition coefficient (Wildman–Crippen LogP) is 4.65. The Morgan fingerprint density at radius 3 is 2.68 bits per heavy atom. The molecule has 1 aromatic rings. The van der Waals surface area contributed by atoms with Crippen LogP contribution in [0.15, 0.2) is 12.1 Å². The van der Waals surface area contributed by atoms with Gasteiger partial charge in [0.15, 0.2) is 11.5 Å². The van der Waals surface area contributed by atoms with E-state index in [2.05, 4.69) is 0 Å². The van der Waals surface area contributed by atoms with Crippen molar-refractivity contribution < 1.29 is 9.47 Å². The fourth-order valence-electron chi connectivity index (χ4n) is 3.45. The summed E-state index contributed by atoms with van der Waals surface area (Å²) in [5, 5.41) is 0.595. The van der Waals surface area contributed by atoms with Crippen molar-refractivity contribution in [2.75, 3.05) is 7.11 Å². The van der Waals surface area contributed by atoms with Gasteiger partial charge in [0, 0.05) is 5.88 Å². The number of alkyl halides is 1.